The molecule has 102 valence electrons. The van der Waals surface area contributed by atoms with E-state index in [9.17, 15) is 10.1 Å². The van der Waals surface area contributed by atoms with Crippen LogP contribution in [0.2, 0.25) is 0 Å². The summed E-state index contributed by atoms with van der Waals surface area (Å²) in [5.41, 5.74) is 2.53. The van der Waals surface area contributed by atoms with Crippen molar-refractivity contribution in [2.75, 3.05) is 0 Å². The maximum atomic E-state index is 12.4. The molecule has 1 spiro atoms. The molecule has 0 saturated heterocycles. The van der Waals surface area contributed by atoms with Crippen LogP contribution in [-0.2, 0) is 4.79 Å². The molecule has 4 aliphatic rings. The molecule has 2 aliphatic carbocycles. The Labute approximate surface area is 122 Å². The first-order valence-electron chi connectivity index (χ1n) is 7.10. The first-order chi connectivity index (χ1) is 10.3. The van der Waals surface area contributed by atoms with Gasteiger partial charge in [0.05, 0.1) is 23.3 Å². The molecule has 2 atom stereocenters. The Morgan fingerprint density at radius 3 is 3.10 bits per heavy atom. The van der Waals surface area contributed by atoms with Crippen molar-refractivity contribution < 1.29 is 4.79 Å². The fraction of sp³-hybridized carbons (Fsp3) is 0.294. The van der Waals surface area contributed by atoms with Crippen LogP contribution in [0.15, 0.2) is 57.1 Å². The number of rotatable bonds is 0. The van der Waals surface area contributed by atoms with Crippen LogP contribution < -0.4 is 0 Å². The van der Waals surface area contributed by atoms with E-state index in [4.69, 9.17) is 4.99 Å². The zero-order chi connectivity index (χ0) is 14.4. The van der Waals surface area contributed by atoms with Crippen LogP contribution in [0.5, 0.6) is 0 Å². The highest BCUT2D eigenvalue weighted by molar-refractivity contribution is 6.12. The second-order valence-electron chi connectivity index (χ2n) is 5.57. The molecule has 0 amide bonds. The molecule has 2 heterocycles. The molecule has 2 unspecified atom stereocenters. The van der Waals surface area contributed by atoms with Crippen molar-refractivity contribution in [2.24, 2.45) is 15.9 Å². The van der Waals surface area contributed by atoms with E-state index in [1.54, 1.807) is 6.21 Å². The summed E-state index contributed by atoms with van der Waals surface area (Å²) in [6, 6.07) is 2.25. The minimum atomic E-state index is -0.836. The number of allylic oxidation sites excluding steroid dienone is 6. The SMILES string of the molecule is N#CC1=C2C3=CCC(=O)C4CC=CC=NC34N=C2CC=C1. The van der Waals surface area contributed by atoms with Crippen molar-refractivity contribution >= 4 is 17.7 Å². The molecule has 0 radical (unpaired) electrons. The Morgan fingerprint density at radius 1 is 1.33 bits per heavy atom. The first-order valence-corrected chi connectivity index (χ1v) is 7.10. The van der Waals surface area contributed by atoms with Gasteiger partial charge >= 0.3 is 0 Å². The van der Waals surface area contributed by atoms with Crippen molar-refractivity contribution in [1.82, 2.24) is 0 Å². The van der Waals surface area contributed by atoms with Gasteiger partial charge in [-0.3, -0.25) is 14.8 Å². The van der Waals surface area contributed by atoms with Crippen molar-refractivity contribution in [1.29, 1.82) is 5.26 Å². The Morgan fingerprint density at radius 2 is 2.24 bits per heavy atom. The highest BCUT2D eigenvalue weighted by atomic mass is 16.1. The molecule has 0 aromatic heterocycles. The van der Waals surface area contributed by atoms with Crippen molar-refractivity contribution in [3.8, 4) is 6.07 Å². The Bertz CT molecular complexity index is 770. The minimum Gasteiger partial charge on any atom is -0.299 e. The number of hydrogen-bond donors (Lipinski definition) is 0. The van der Waals surface area contributed by atoms with Gasteiger partial charge in [-0.05, 0) is 18.6 Å². The van der Waals surface area contributed by atoms with Gasteiger partial charge in [-0.1, -0.05) is 18.2 Å². The van der Waals surface area contributed by atoms with E-state index in [0.717, 1.165) is 16.9 Å². The summed E-state index contributed by atoms with van der Waals surface area (Å²) < 4.78 is 0. The molecule has 0 fully saturated rings. The summed E-state index contributed by atoms with van der Waals surface area (Å²) in [6.45, 7) is 0. The molecule has 4 nitrogen and oxygen atoms in total. The van der Waals surface area contributed by atoms with Crippen LogP contribution >= 0.6 is 0 Å². The number of fused-ring (bicyclic) bond motifs is 2. The van der Waals surface area contributed by atoms with E-state index in [1.807, 2.05) is 30.4 Å². The maximum absolute atomic E-state index is 12.4. The largest absolute Gasteiger partial charge is 0.299 e. The van der Waals surface area contributed by atoms with Crippen molar-refractivity contribution in [3.63, 3.8) is 0 Å². The highest BCUT2D eigenvalue weighted by Gasteiger charge is 2.53. The van der Waals surface area contributed by atoms with E-state index >= 15 is 0 Å². The number of ketones is 1. The lowest BCUT2D eigenvalue weighted by molar-refractivity contribution is -0.123. The van der Waals surface area contributed by atoms with Crippen LogP contribution in [0.1, 0.15) is 19.3 Å². The zero-order valence-corrected chi connectivity index (χ0v) is 11.4. The Hall–Kier alpha value is -2.54. The summed E-state index contributed by atoms with van der Waals surface area (Å²) in [7, 11) is 0. The molecule has 4 heteroatoms. The van der Waals surface area contributed by atoms with Crippen LogP contribution in [0.3, 0.4) is 0 Å². The molecular formula is C17H13N3O. The van der Waals surface area contributed by atoms with Gasteiger partial charge in [0.25, 0.3) is 0 Å². The Kier molecular flexibility index (Phi) is 2.46. The number of Topliss-reactive ketones (excluding diaryl/α,β-unsaturated/α-hetero) is 1. The average Bonchev–Trinajstić information content (AvgIpc) is 2.66. The van der Waals surface area contributed by atoms with E-state index < -0.39 is 5.66 Å². The number of carbonyl (C=O) groups is 1. The minimum absolute atomic E-state index is 0.178. The molecule has 4 rings (SSSR count). The predicted octanol–water partition coefficient (Wildman–Crippen LogP) is 2.46. The van der Waals surface area contributed by atoms with Crippen LogP contribution in [-0.4, -0.2) is 23.4 Å². The van der Waals surface area contributed by atoms with Crippen molar-refractivity contribution in [2.45, 2.75) is 24.9 Å². The average molecular weight is 275 g/mol. The fourth-order valence-corrected chi connectivity index (χ4v) is 3.58. The second kappa shape index (κ2) is 4.23. The predicted molar refractivity (Wildman–Crippen MR) is 80.0 cm³/mol. The third-order valence-electron chi connectivity index (χ3n) is 4.49. The van der Waals surface area contributed by atoms with Gasteiger partial charge in [-0.15, -0.1) is 0 Å². The summed E-state index contributed by atoms with van der Waals surface area (Å²) in [4.78, 5) is 21.8. The van der Waals surface area contributed by atoms with Crippen LogP contribution in [0.25, 0.3) is 0 Å². The molecule has 0 aromatic carbocycles. The Balaban J connectivity index is 1.99. The van der Waals surface area contributed by atoms with E-state index in [-0.39, 0.29) is 11.7 Å². The van der Waals surface area contributed by atoms with Crippen molar-refractivity contribution in [3.05, 3.63) is 47.1 Å². The molecule has 21 heavy (non-hydrogen) atoms. The molecule has 0 bridgehead atoms. The number of nitriles is 1. The van der Waals surface area contributed by atoms with Gasteiger partial charge in [0, 0.05) is 30.2 Å². The zero-order valence-electron chi connectivity index (χ0n) is 11.4. The third kappa shape index (κ3) is 1.52. The van der Waals surface area contributed by atoms with E-state index in [1.165, 1.54) is 0 Å². The van der Waals surface area contributed by atoms with Gasteiger partial charge in [0.15, 0.2) is 5.66 Å². The maximum Gasteiger partial charge on any atom is 0.186 e. The summed E-state index contributed by atoms with van der Waals surface area (Å²) in [6.07, 6.45) is 13.0. The summed E-state index contributed by atoms with van der Waals surface area (Å²) >= 11 is 0. The van der Waals surface area contributed by atoms with Crippen LogP contribution in [0.4, 0.5) is 0 Å². The van der Waals surface area contributed by atoms with Gasteiger partial charge < -0.3 is 0 Å². The first kappa shape index (κ1) is 12.2. The number of aliphatic imine (C=N–C) groups is 2. The van der Waals surface area contributed by atoms with E-state index in [0.29, 0.717) is 24.8 Å². The van der Waals surface area contributed by atoms with Gasteiger partial charge in [-0.25, -0.2) is 0 Å². The monoisotopic (exact) mass is 275 g/mol. The standard InChI is InChI=1S/C17H13N3O/c18-10-11-4-3-6-14-16(11)13-7-8-15(21)12-5-1-2-9-19-17(12,13)20-14/h1-4,7,9,12H,5-6,8H2. The molecule has 0 N–H and O–H groups in total. The smallest absolute Gasteiger partial charge is 0.186 e. The number of carbonyl (C=O) groups excluding carboxylic acids is 1. The molecule has 0 saturated carbocycles. The summed E-state index contributed by atoms with van der Waals surface area (Å²) in [5.74, 6) is -0.0736. The quantitative estimate of drug-likeness (QED) is 0.681. The molecular weight excluding hydrogens is 262 g/mol. The lowest BCUT2D eigenvalue weighted by Crippen LogP contribution is -2.41. The number of hydrogen-bond acceptors (Lipinski definition) is 4. The summed E-state index contributed by atoms with van der Waals surface area (Å²) in [5, 5.41) is 9.37. The fourth-order valence-electron chi connectivity index (χ4n) is 3.58. The normalized spacial score (nSPS) is 32.7. The lowest BCUT2D eigenvalue weighted by Gasteiger charge is -2.34. The highest BCUT2D eigenvalue weighted by Crippen LogP contribution is 2.49. The van der Waals surface area contributed by atoms with Gasteiger partial charge in [0.1, 0.15) is 5.78 Å². The van der Waals surface area contributed by atoms with Crippen LogP contribution in [0, 0.1) is 17.2 Å². The molecule has 2 aliphatic heterocycles. The molecule has 0 aromatic rings. The van der Waals surface area contributed by atoms with Gasteiger partial charge in [0.2, 0.25) is 0 Å². The lowest BCUT2D eigenvalue weighted by atomic mass is 9.74. The second-order valence-corrected chi connectivity index (χ2v) is 5.57. The van der Waals surface area contributed by atoms with E-state index in [2.05, 4.69) is 11.1 Å². The number of nitrogens with zero attached hydrogens (tertiary/aromatic N) is 3. The van der Waals surface area contributed by atoms with Gasteiger partial charge in [-0.2, -0.15) is 5.26 Å². The topological polar surface area (TPSA) is 65.6 Å². The third-order valence-corrected chi connectivity index (χ3v) is 4.49.